The van der Waals surface area contributed by atoms with E-state index in [1.807, 2.05) is 6.92 Å². The minimum Gasteiger partial charge on any atom is -0.504 e. The molecular weight excluding hydrogens is 332 g/mol. The van der Waals surface area contributed by atoms with Gasteiger partial charge in [0.1, 0.15) is 0 Å². The van der Waals surface area contributed by atoms with Crippen LogP contribution in [0.1, 0.15) is 18.9 Å². The van der Waals surface area contributed by atoms with Crippen LogP contribution in [0.25, 0.3) is 0 Å². The number of aromatic hydroxyl groups is 1. The summed E-state index contributed by atoms with van der Waals surface area (Å²) in [4.78, 5) is 25.7. The van der Waals surface area contributed by atoms with E-state index in [-0.39, 0.29) is 41.2 Å². The molecule has 3 fully saturated rings. The summed E-state index contributed by atoms with van der Waals surface area (Å²) in [6.45, 7) is 2.26. The first-order chi connectivity index (χ1) is 12.6. The third-order valence-electron chi connectivity index (χ3n) is 6.25. The topological polar surface area (TPSA) is 79.2 Å². The van der Waals surface area contributed by atoms with E-state index in [4.69, 9.17) is 4.74 Å². The van der Waals surface area contributed by atoms with Crippen molar-refractivity contribution in [3.63, 3.8) is 0 Å². The zero-order valence-electron chi connectivity index (χ0n) is 14.4. The molecule has 1 aromatic rings. The lowest BCUT2D eigenvalue weighted by Gasteiger charge is -2.37. The molecule has 0 aromatic heterocycles. The maximum absolute atomic E-state index is 12.8. The lowest BCUT2D eigenvalue weighted by Crippen LogP contribution is -2.40. The summed E-state index contributed by atoms with van der Waals surface area (Å²) < 4.78 is 5.35. The fraction of sp³-hybridized carbons (Fsp3) is 0.450. The van der Waals surface area contributed by atoms with Gasteiger partial charge in [-0.15, -0.1) is 0 Å². The predicted octanol–water partition coefficient (Wildman–Crippen LogP) is 2.18. The van der Waals surface area contributed by atoms with Crippen molar-refractivity contribution in [3.05, 3.63) is 35.9 Å². The molecule has 1 N–H and O–H groups in total. The number of phenolic OH excluding ortho intramolecular Hbond substituents is 1. The Kier molecular flexibility index (Phi) is 3.26. The van der Waals surface area contributed by atoms with E-state index in [2.05, 4.69) is 17.3 Å². The lowest BCUT2D eigenvalue weighted by molar-refractivity contribution is -0.140. The second kappa shape index (κ2) is 5.43. The maximum atomic E-state index is 12.8. The lowest BCUT2D eigenvalue weighted by atomic mass is 9.63. The van der Waals surface area contributed by atoms with Crippen LogP contribution >= 0.6 is 0 Å². The van der Waals surface area contributed by atoms with Crippen LogP contribution in [0.2, 0.25) is 0 Å². The highest BCUT2D eigenvalue weighted by Crippen LogP contribution is 2.65. The standard InChI is InChI=1S/C20H20N2O4/c1-2-26-16-7-10(3-6-15(16)23)9-21-22-19(24)17-11-4-5-12(14-8-13(11)14)18(17)20(22)25/h3-7,9,11-14,17-18,23H,2,8H2,1H3. The van der Waals surface area contributed by atoms with Crippen molar-refractivity contribution in [2.75, 3.05) is 6.61 Å². The van der Waals surface area contributed by atoms with Gasteiger partial charge in [0.2, 0.25) is 0 Å². The summed E-state index contributed by atoms with van der Waals surface area (Å²) in [5, 5.41) is 15.0. The predicted molar refractivity (Wildman–Crippen MR) is 93.4 cm³/mol. The number of imide groups is 1. The number of hydrogen-bond acceptors (Lipinski definition) is 5. The Morgan fingerprint density at radius 3 is 2.46 bits per heavy atom. The Balaban J connectivity index is 1.40. The maximum Gasteiger partial charge on any atom is 0.254 e. The van der Waals surface area contributed by atoms with E-state index in [1.54, 1.807) is 12.1 Å². The molecule has 1 heterocycles. The van der Waals surface area contributed by atoms with Gasteiger partial charge in [0.25, 0.3) is 11.8 Å². The van der Waals surface area contributed by atoms with Crippen molar-refractivity contribution in [3.8, 4) is 11.5 Å². The van der Waals surface area contributed by atoms with Crippen LogP contribution in [-0.4, -0.2) is 34.8 Å². The fourth-order valence-corrected chi connectivity index (χ4v) is 5.06. The van der Waals surface area contributed by atoms with Crippen LogP contribution in [0.15, 0.2) is 35.5 Å². The summed E-state index contributed by atoms with van der Waals surface area (Å²) >= 11 is 0. The number of allylic oxidation sites excluding steroid dienone is 2. The number of hydrogen-bond donors (Lipinski definition) is 1. The Labute approximate surface area is 151 Å². The Bertz CT molecular complexity index is 825. The molecule has 1 saturated heterocycles. The minimum atomic E-state index is -0.239. The van der Waals surface area contributed by atoms with Gasteiger partial charge < -0.3 is 9.84 Å². The zero-order valence-corrected chi connectivity index (χ0v) is 14.4. The van der Waals surface area contributed by atoms with Crippen molar-refractivity contribution in [2.24, 2.45) is 40.6 Å². The third kappa shape index (κ3) is 2.08. The summed E-state index contributed by atoms with van der Waals surface area (Å²) in [7, 11) is 0. The number of benzene rings is 1. The molecule has 26 heavy (non-hydrogen) atoms. The van der Waals surface area contributed by atoms with Gasteiger partial charge in [-0.2, -0.15) is 10.1 Å². The number of amides is 2. The van der Waals surface area contributed by atoms with Crippen LogP contribution in [0.3, 0.4) is 0 Å². The Morgan fingerprint density at radius 2 is 1.85 bits per heavy atom. The van der Waals surface area contributed by atoms with E-state index in [1.165, 1.54) is 12.3 Å². The van der Waals surface area contributed by atoms with Gasteiger partial charge in [0.05, 0.1) is 24.7 Å². The molecule has 134 valence electrons. The minimum absolute atomic E-state index is 0.0465. The van der Waals surface area contributed by atoms with Crippen molar-refractivity contribution in [2.45, 2.75) is 13.3 Å². The molecule has 6 atom stereocenters. The van der Waals surface area contributed by atoms with Crippen molar-refractivity contribution in [1.29, 1.82) is 0 Å². The average molecular weight is 352 g/mol. The van der Waals surface area contributed by atoms with Crippen LogP contribution in [0, 0.1) is 35.5 Å². The van der Waals surface area contributed by atoms with E-state index in [9.17, 15) is 14.7 Å². The Hall–Kier alpha value is -2.63. The van der Waals surface area contributed by atoms with Gasteiger partial charge in [-0.3, -0.25) is 9.59 Å². The van der Waals surface area contributed by atoms with E-state index >= 15 is 0 Å². The Morgan fingerprint density at radius 1 is 1.19 bits per heavy atom. The smallest absolute Gasteiger partial charge is 0.254 e. The van der Waals surface area contributed by atoms with Gasteiger partial charge >= 0.3 is 0 Å². The van der Waals surface area contributed by atoms with E-state index in [0.29, 0.717) is 29.8 Å². The number of phenols is 1. The third-order valence-corrected chi connectivity index (χ3v) is 6.25. The molecule has 2 bridgehead atoms. The van der Waals surface area contributed by atoms with Gasteiger partial charge in [-0.1, -0.05) is 12.2 Å². The molecule has 0 radical (unpaired) electrons. The molecule has 5 aliphatic rings. The molecule has 6 nitrogen and oxygen atoms in total. The van der Waals surface area contributed by atoms with E-state index < -0.39 is 0 Å². The summed E-state index contributed by atoms with van der Waals surface area (Å²) in [5.74, 6) is 1.13. The highest BCUT2D eigenvalue weighted by molar-refractivity contribution is 6.06. The molecule has 2 amide bonds. The van der Waals surface area contributed by atoms with Gasteiger partial charge in [-0.25, -0.2) is 0 Å². The van der Waals surface area contributed by atoms with Crippen LogP contribution < -0.4 is 4.74 Å². The number of nitrogens with zero attached hydrogens (tertiary/aromatic N) is 2. The molecule has 4 aliphatic carbocycles. The molecule has 6 rings (SSSR count). The normalized spacial score (nSPS) is 36.6. The highest BCUT2D eigenvalue weighted by atomic mass is 16.5. The molecule has 6 heteroatoms. The number of carbonyl (C=O) groups excluding carboxylic acids is 2. The SMILES string of the molecule is CCOc1cc(C=NN2C(=O)C3C4C=CC(C5CC45)C3C2=O)ccc1O. The second-order valence-electron chi connectivity index (χ2n) is 7.55. The number of rotatable bonds is 4. The molecule has 1 aliphatic heterocycles. The molecular formula is C20H20N2O4. The average Bonchev–Trinajstić information content (AvgIpc) is 3.42. The number of hydrazone groups is 1. The van der Waals surface area contributed by atoms with Gasteiger partial charge in [0, 0.05) is 0 Å². The highest BCUT2D eigenvalue weighted by Gasteiger charge is 2.67. The quantitative estimate of drug-likeness (QED) is 0.512. The molecule has 2 saturated carbocycles. The first-order valence-electron chi connectivity index (χ1n) is 9.16. The van der Waals surface area contributed by atoms with Crippen molar-refractivity contribution < 1.29 is 19.4 Å². The first kappa shape index (κ1) is 15.6. The van der Waals surface area contributed by atoms with Gasteiger partial charge in [-0.05, 0) is 60.8 Å². The summed E-state index contributed by atoms with van der Waals surface area (Å²) in [5.41, 5.74) is 0.658. The van der Waals surface area contributed by atoms with Crippen molar-refractivity contribution >= 4 is 18.0 Å². The fourth-order valence-electron chi connectivity index (χ4n) is 5.06. The molecule has 0 spiro atoms. The summed E-state index contributed by atoms with van der Waals surface area (Å²) in [6, 6.07) is 4.82. The number of ether oxygens (including phenoxy) is 1. The van der Waals surface area contributed by atoms with Gasteiger partial charge in [0.15, 0.2) is 11.5 Å². The van der Waals surface area contributed by atoms with Crippen molar-refractivity contribution in [1.82, 2.24) is 5.01 Å². The largest absolute Gasteiger partial charge is 0.504 e. The van der Waals surface area contributed by atoms with E-state index in [0.717, 1.165) is 11.4 Å². The second-order valence-corrected chi connectivity index (χ2v) is 7.55. The summed E-state index contributed by atoms with van der Waals surface area (Å²) in [6.07, 6.45) is 6.91. The number of carbonyl (C=O) groups is 2. The van der Waals surface area contributed by atoms with Crippen LogP contribution in [0.4, 0.5) is 0 Å². The van der Waals surface area contributed by atoms with Crippen LogP contribution in [0.5, 0.6) is 11.5 Å². The monoisotopic (exact) mass is 352 g/mol. The zero-order chi connectivity index (χ0) is 18.0. The molecule has 1 aromatic carbocycles. The first-order valence-corrected chi connectivity index (χ1v) is 9.16. The molecule has 6 unspecified atom stereocenters. The van der Waals surface area contributed by atoms with Crippen LogP contribution in [-0.2, 0) is 9.59 Å².